The van der Waals surface area contributed by atoms with E-state index in [0.29, 0.717) is 111 Å². The summed E-state index contributed by atoms with van der Waals surface area (Å²) in [6.07, 6.45) is 0.178. The van der Waals surface area contributed by atoms with Crippen molar-refractivity contribution >= 4 is 29.3 Å². The fraction of sp³-hybridized carbons (Fsp3) is 0.667. The monoisotopic (exact) mass is 639 g/mol. The number of rotatable bonds is 26. The molecule has 1 unspecified atom stereocenters. The average molecular weight is 640 g/mol. The smallest absolute Gasteiger partial charge is 0.264 e. The lowest BCUT2D eigenvalue weighted by Crippen LogP contribution is -2.54. The lowest BCUT2D eigenvalue weighted by molar-refractivity contribution is -0.136. The molecule has 1 saturated heterocycles. The topological polar surface area (TPSA) is 169 Å². The molecule has 0 spiro atoms. The lowest BCUT2D eigenvalue weighted by atomic mass is 10.0. The van der Waals surface area contributed by atoms with E-state index < -0.39 is 29.7 Å². The van der Waals surface area contributed by atoms with Crippen LogP contribution in [0.5, 0.6) is 0 Å². The average Bonchev–Trinajstić information content (AvgIpc) is 3.29. The minimum absolute atomic E-state index is 0.0698. The Morgan fingerprint density at radius 3 is 1.67 bits per heavy atom. The van der Waals surface area contributed by atoms with Crippen molar-refractivity contribution in [2.24, 2.45) is 0 Å². The fourth-order valence-electron chi connectivity index (χ4n) is 4.48. The first-order chi connectivity index (χ1) is 22.0. The van der Waals surface area contributed by atoms with Gasteiger partial charge in [-0.25, -0.2) is 0 Å². The maximum Gasteiger partial charge on any atom is 0.264 e. The molecule has 2 N–H and O–H groups in total. The van der Waals surface area contributed by atoms with E-state index in [1.54, 1.807) is 25.3 Å². The van der Waals surface area contributed by atoms with Gasteiger partial charge in [0, 0.05) is 25.8 Å². The van der Waals surface area contributed by atoms with Gasteiger partial charge < -0.3 is 43.2 Å². The van der Waals surface area contributed by atoms with Gasteiger partial charge in [-0.05, 0) is 18.6 Å². The Kier molecular flexibility index (Phi) is 17.6. The molecule has 252 valence electrons. The second-order valence-electron chi connectivity index (χ2n) is 9.88. The molecular weight excluding hydrogens is 594 g/mol. The van der Waals surface area contributed by atoms with Crippen LogP contribution >= 0.6 is 0 Å². The maximum absolute atomic E-state index is 13.1. The molecule has 4 amide bonds. The molecule has 3 rings (SSSR count). The van der Waals surface area contributed by atoms with Crippen LogP contribution in [0.25, 0.3) is 0 Å². The number of carbonyl (C=O) groups is 4. The Hall–Kier alpha value is -3.02. The van der Waals surface area contributed by atoms with Crippen molar-refractivity contribution in [3.63, 3.8) is 0 Å². The fourth-order valence-corrected chi connectivity index (χ4v) is 4.48. The van der Waals surface area contributed by atoms with Crippen molar-refractivity contribution in [1.82, 2.24) is 10.2 Å². The van der Waals surface area contributed by atoms with E-state index in [0.717, 1.165) is 4.90 Å². The summed E-state index contributed by atoms with van der Waals surface area (Å²) >= 11 is 0. The first-order valence-corrected chi connectivity index (χ1v) is 15.2. The van der Waals surface area contributed by atoms with Gasteiger partial charge in [0.05, 0.1) is 110 Å². The molecule has 1 fully saturated rings. The van der Waals surface area contributed by atoms with Crippen molar-refractivity contribution in [3.8, 4) is 0 Å². The van der Waals surface area contributed by atoms with E-state index in [4.69, 9.17) is 37.9 Å². The Bertz CT molecular complexity index is 1070. The predicted octanol–water partition coefficient (Wildman–Crippen LogP) is 0.262. The van der Waals surface area contributed by atoms with E-state index >= 15 is 0 Å². The molecule has 1 aromatic carbocycles. The third-order valence-electron chi connectivity index (χ3n) is 6.69. The second kappa shape index (κ2) is 21.7. The minimum Gasteiger partial charge on any atom is -0.382 e. The summed E-state index contributed by atoms with van der Waals surface area (Å²) in [6, 6.07) is 3.91. The Balaban J connectivity index is 1.12. The van der Waals surface area contributed by atoms with Gasteiger partial charge in [0.2, 0.25) is 11.8 Å². The molecule has 0 radical (unpaired) electrons. The molecule has 0 saturated carbocycles. The number of nitrogens with zero attached hydrogens (tertiary/aromatic N) is 1. The highest BCUT2D eigenvalue weighted by molar-refractivity contribution is 6.25. The van der Waals surface area contributed by atoms with Gasteiger partial charge in [0.25, 0.3) is 11.8 Å². The molecular formula is C30H45N3O12. The largest absolute Gasteiger partial charge is 0.382 e. The maximum atomic E-state index is 13.1. The number of piperidine rings is 1. The van der Waals surface area contributed by atoms with Gasteiger partial charge in [-0.2, -0.15) is 0 Å². The van der Waals surface area contributed by atoms with Crippen LogP contribution in [0.15, 0.2) is 18.2 Å². The third kappa shape index (κ3) is 12.7. The second-order valence-corrected chi connectivity index (χ2v) is 9.88. The molecule has 2 aliphatic rings. The standard InChI is InChI=1S/C30H45N3O12/c1-38-9-10-40-13-14-42-17-18-44-21-22-45-20-19-43-16-15-41-12-11-39-8-7-31-24-4-2-3-23-27(24)30(37)33(29(23)36)25-5-6-26(34)32-28(25)35/h2-4,25,31H,5-22H2,1H3,(H,32,34,35). The number of ether oxygens (including phenoxy) is 8. The molecule has 1 atom stereocenters. The number of hydrogen-bond donors (Lipinski definition) is 2. The minimum atomic E-state index is -1.00. The highest BCUT2D eigenvalue weighted by Crippen LogP contribution is 2.32. The molecule has 2 heterocycles. The van der Waals surface area contributed by atoms with Crippen LogP contribution in [-0.2, 0) is 47.5 Å². The molecule has 2 aliphatic heterocycles. The van der Waals surface area contributed by atoms with Gasteiger partial charge in [-0.1, -0.05) is 6.07 Å². The Morgan fingerprint density at radius 2 is 1.18 bits per heavy atom. The number of carbonyl (C=O) groups excluding carboxylic acids is 4. The summed E-state index contributed by atoms with van der Waals surface area (Å²) in [6.45, 7) is 7.49. The number of anilines is 1. The van der Waals surface area contributed by atoms with Crippen LogP contribution < -0.4 is 10.6 Å². The van der Waals surface area contributed by atoms with Gasteiger partial charge in [0.1, 0.15) is 6.04 Å². The van der Waals surface area contributed by atoms with Crippen LogP contribution in [0.4, 0.5) is 5.69 Å². The zero-order valence-corrected chi connectivity index (χ0v) is 25.9. The van der Waals surface area contributed by atoms with Gasteiger partial charge >= 0.3 is 0 Å². The van der Waals surface area contributed by atoms with E-state index in [1.807, 2.05) is 0 Å². The number of hydrogen-bond acceptors (Lipinski definition) is 13. The van der Waals surface area contributed by atoms with Crippen LogP contribution in [0, 0.1) is 0 Å². The summed E-state index contributed by atoms with van der Waals surface area (Å²) in [5.74, 6) is -2.15. The SMILES string of the molecule is COCCOCCOCCOCCOCCOCCOCCOCCNc1cccc2c1C(=O)N(C1CCC(=O)NC1=O)C2=O. The predicted molar refractivity (Wildman–Crippen MR) is 159 cm³/mol. The summed E-state index contributed by atoms with van der Waals surface area (Å²) in [5, 5.41) is 5.32. The number of nitrogens with one attached hydrogen (secondary N) is 2. The zero-order chi connectivity index (χ0) is 32.1. The number of fused-ring (bicyclic) bond motifs is 1. The van der Waals surface area contributed by atoms with Crippen molar-refractivity contribution < 1.29 is 57.1 Å². The summed E-state index contributed by atoms with van der Waals surface area (Å²) in [7, 11) is 1.63. The number of amides is 4. The van der Waals surface area contributed by atoms with E-state index in [1.165, 1.54) is 0 Å². The summed E-state index contributed by atoms with van der Waals surface area (Å²) < 4.78 is 43.0. The van der Waals surface area contributed by atoms with Crippen LogP contribution in [0.2, 0.25) is 0 Å². The summed E-state index contributed by atoms with van der Waals surface area (Å²) in [5.41, 5.74) is 0.919. The molecule has 15 heteroatoms. The Morgan fingerprint density at radius 1 is 0.689 bits per heavy atom. The number of benzene rings is 1. The molecule has 0 aliphatic carbocycles. The first kappa shape index (κ1) is 36.4. The van der Waals surface area contributed by atoms with Crippen molar-refractivity contribution in [2.75, 3.05) is 118 Å². The van der Waals surface area contributed by atoms with Gasteiger partial charge in [-0.15, -0.1) is 0 Å². The normalized spacial score (nSPS) is 16.4. The van der Waals surface area contributed by atoms with Crippen LogP contribution in [0.1, 0.15) is 33.6 Å². The molecule has 0 bridgehead atoms. The van der Waals surface area contributed by atoms with Crippen LogP contribution in [0.3, 0.4) is 0 Å². The van der Waals surface area contributed by atoms with E-state index in [9.17, 15) is 19.2 Å². The Labute approximate surface area is 263 Å². The zero-order valence-electron chi connectivity index (χ0n) is 25.9. The number of methoxy groups -OCH3 is 1. The van der Waals surface area contributed by atoms with E-state index in [-0.39, 0.29) is 24.0 Å². The van der Waals surface area contributed by atoms with Gasteiger partial charge in [0.15, 0.2) is 0 Å². The highest BCUT2D eigenvalue weighted by Gasteiger charge is 2.45. The molecule has 15 nitrogen and oxygen atoms in total. The van der Waals surface area contributed by atoms with Gasteiger partial charge in [-0.3, -0.25) is 29.4 Å². The highest BCUT2D eigenvalue weighted by atomic mass is 16.6. The lowest BCUT2D eigenvalue weighted by Gasteiger charge is -2.27. The van der Waals surface area contributed by atoms with E-state index in [2.05, 4.69) is 10.6 Å². The number of imide groups is 2. The van der Waals surface area contributed by atoms with Crippen LogP contribution in [-0.4, -0.2) is 147 Å². The molecule has 1 aromatic rings. The quantitative estimate of drug-likeness (QED) is 0.105. The summed E-state index contributed by atoms with van der Waals surface area (Å²) in [4.78, 5) is 50.7. The van der Waals surface area contributed by atoms with Crippen molar-refractivity contribution in [2.45, 2.75) is 18.9 Å². The molecule has 0 aromatic heterocycles. The van der Waals surface area contributed by atoms with Crippen molar-refractivity contribution in [3.05, 3.63) is 29.3 Å². The third-order valence-corrected chi connectivity index (χ3v) is 6.69. The molecule has 45 heavy (non-hydrogen) atoms. The first-order valence-electron chi connectivity index (χ1n) is 15.2. The van der Waals surface area contributed by atoms with Crippen molar-refractivity contribution in [1.29, 1.82) is 0 Å².